The maximum absolute atomic E-state index is 11.7. The van der Waals surface area contributed by atoms with Crippen LogP contribution in [0.2, 0.25) is 0 Å². The predicted molar refractivity (Wildman–Crippen MR) is 106 cm³/mol. The van der Waals surface area contributed by atoms with Crippen molar-refractivity contribution in [3.8, 4) is 0 Å². The fourth-order valence-corrected chi connectivity index (χ4v) is 3.28. The van der Waals surface area contributed by atoms with E-state index in [0.717, 1.165) is 41.5 Å². The highest BCUT2D eigenvalue weighted by Gasteiger charge is 2.12. The lowest BCUT2D eigenvalue weighted by atomic mass is 10.1. The topological polar surface area (TPSA) is 63.5 Å². The number of thioether (sulfide) groups is 1. The average molecular weight is 379 g/mol. The molecule has 5 nitrogen and oxygen atoms in total. The number of hydrogen-bond donors (Lipinski definition) is 2. The van der Waals surface area contributed by atoms with Crippen molar-refractivity contribution in [2.75, 3.05) is 24.7 Å². The largest absolute Gasteiger partial charge is 0.468 e. The molecule has 134 valence electrons. The summed E-state index contributed by atoms with van der Waals surface area (Å²) in [6.45, 7) is 2.65. The van der Waals surface area contributed by atoms with E-state index in [1.165, 1.54) is 7.11 Å². The van der Waals surface area contributed by atoms with Gasteiger partial charge in [0.15, 0.2) is 5.11 Å². The van der Waals surface area contributed by atoms with E-state index in [9.17, 15) is 4.79 Å². The summed E-state index contributed by atoms with van der Waals surface area (Å²) in [6, 6.07) is 9.30. The van der Waals surface area contributed by atoms with Crippen molar-refractivity contribution >= 4 is 40.7 Å². The molecule has 7 heteroatoms. The predicted octanol–water partition coefficient (Wildman–Crippen LogP) is 3.98. The van der Waals surface area contributed by atoms with E-state index in [2.05, 4.69) is 10.6 Å². The van der Waals surface area contributed by atoms with Crippen LogP contribution in [-0.4, -0.2) is 30.5 Å². The quantitative estimate of drug-likeness (QED) is 0.409. The molecule has 0 saturated heterocycles. The first kappa shape index (κ1) is 19.3. The fourth-order valence-electron chi connectivity index (χ4n) is 2.21. The molecule has 0 aliphatic heterocycles. The minimum absolute atomic E-state index is 0.353. The molecule has 2 N–H and O–H groups in total. The molecule has 2 aromatic rings. The van der Waals surface area contributed by atoms with Crippen molar-refractivity contribution in [1.82, 2.24) is 5.32 Å². The number of ether oxygens (including phenoxy) is 1. The van der Waals surface area contributed by atoms with Gasteiger partial charge in [0.1, 0.15) is 5.76 Å². The summed E-state index contributed by atoms with van der Waals surface area (Å²) in [5.74, 6) is 2.55. The van der Waals surface area contributed by atoms with E-state index >= 15 is 0 Å². The van der Waals surface area contributed by atoms with Crippen LogP contribution < -0.4 is 10.6 Å². The third kappa shape index (κ3) is 6.10. The zero-order valence-electron chi connectivity index (χ0n) is 14.3. The Bertz CT molecular complexity index is 702. The van der Waals surface area contributed by atoms with E-state index < -0.39 is 0 Å². The Hall–Kier alpha value is -1.99. The Morgan fingerprint density at radius 3 is 2.88 bits per heavy atom. The van der Waals surface area contributed by atoms with E-state index in [1.54, 1.807) is 18.4 Å². The first-order valence-electron chi connectivity index (χ1n) is 7.94. The first-order valence-corrected chi connectivity index (χ1v) is 9.51. The highest BCUT2D eigenvalue weighted by Crippen LogP contribution is 2.19. The van der Waals surface area contributed by atoms with Crippen molar-refractivity contribution < 1.29 is 13.9 Å². The maximum atomic E-state index is 11.7. The van der Waals surface area contributed by atoms with Crippen molar-refractivity contribution in [2.45, 2.75) is 19.1 Å². The molecule has 0 saturated carbocycles. The lowest BCUT2D eigenvalue weighted by Gasteiger charge is -2.14. The molecule has 0 fully saturated rings. The van der Waals surface area contributed by atoms with Crippen LogP contribution in [-0.2, 0) is 10.5 Å². The van der Waals surface area contributed by atoms with Crippen LogP contribution >= 0.6 is 24.0 Å². The third-order valence-electron chi connectivity index (χ3n) is 3.56. The van der Waals surface area contributed by atoms with Crippen molar-refractivity contribution in [3.05, 3.63) is 53.5 Å². The van der Waals surface area contributed by atoms with Gasteiger partial charge in [0.25, 0.3) is 0 Å². The van der Waals surface area contributed by atoms with Crippen molar-refractivity contribution in [2.24, 2.45) is 0 Å². The molecule has 0 radical (unpaired) electrons. The normalized spacial score (nSPS) is 10.3. The van der Waals surface area contributed by atoms with Gasteiger partial charge in [-0.1, -0.05) is 6.07 Å². The molecule has 0 aliphatic rings. The minimum Gasteiger partial charge on any atom is -0.468 e. The number of esters is 1. The molecule has 0 amide bonds. The van der Waals surface area contributed by atoms with Crippen LogP contribution in [0.3, 0.4) is 0 Å². The summed E-state index contributed by atoms with van der Waals surface area (Å²) in [5.41, 5.74) is 2.14. The van der Waals surface area contributed by atoms with Crippen molar-refractivity contribution in [1.29, 1.82) is 0 Å². The van der Waals surface area contributed by atoms with Gasteiger partial charge >= 0.3 is 5.97 Å². The number of hydrogen-bond acceptors (Lipinski definition) is 5. The number of nitrogens with one attached hydrogen (secondary N) is 2. The van der Waals surface area contributed by atoms with Gasteiger partial charge in [0.05, 0.1) is 24.7 Å². The smallest absolute Gasteiger partial charge is 0.338 e. The lowest BCUT2D eigenvalue weighted by Crippen LogP contribution is -2.30. The molecular formula is C18H22N2O3S2. The monoisotopic (exact) mass is 378 g/mol. The number of benzene rings is 1. The van der Waals surface area contributed by atoms with Crippen LogP contribution in [0.4, 0.5) is 5.69 Å². The number of anilines is 1. The highest BCUT2D eigenvalue weighted by molar-refractivity contribution is 7.98. The van der Waals surface area contributed by atoms with E-state index in [4.69, 9.17) is 21.4 Å². The Morgan fingerprint density at radius 1 is 1.32 bits per heavy atom. The summed E-state index contributed by atoms with van der Waals surface area (Å²) in [6.07, 6.45) is 2.69. The minimum atomic E-state index is -0.353. The maximum Gasteiger partial charge on any atom is 0.338 e. The highest BCUT2D eigenvalue weighted by atomic mass is 32.2. The van der Waals surface area contributed by atoms with Gasteiger partial charge in [0.2, 0.25) is 0 Å². The summed E-state index contributed by atoms with van der Waals surface area (Å²) < 4.78 is 10.1. The van der Waals surface area contributed by atoms with Crippen molar-refractivity contribution in [3.63, 3.8) is 0 Å². The van der Waals surface area contributed by atoms with Gasteiger partial charge in [-0.15, -0.1) is 0 Å². The van der Waals surface area contributed by atoms with E-state index in [-0.39, 0.29) is 5.97 Å². The summed E-state index contributed by atoms with van der Waals surface area (Å²) in [7, 11) is 1.37. The Balaban J connectivity index is 1.70. The molecule has 1 heterocycles. The van der Waals surface area contributed by atoms with Crippen LogP contribution in [0.15, 0.2) is 41.0 Å². The SMILES string of the molecule is COC(=O)c1cccc(NC(=S)NCCCSCc2ccco2)c1C. The summed E-state index contributed by atoms with van der Waals surface area (Å²) in [4.78, 5) is 11.7. The molecular weight excluding hydrogens is 356 g/mol. The van der Waals surface area contributed by atoms with Gasteiger partial charge in [-0.05, 0) is 61.1 Å². The van der Waals surface area contributed by atoms with E-state index in [1.807, 2.05) is 36.9 Å². The Kier molecular flexibility index (Phi) is 7.81. The zero-order chi connectivity index (χ0) is 18.1. The van der Waals surface area contributed by atoms with Crippen LogP contribution in [0.25, 0.3) is 0 Å². The van der Waals surface area contributed by atoms with Crippen LogP contribution in [0.5, 0.6) is 0 Å². The summed E-state index contributed by atoms with van der Waals surface area (Å²) >= 11 is 7.14. The first-order chi connectivity index (χ1) is 12.1. The van der Waals surface area contributed by atoms with Gasteiger partial charge in [0, 0.05) is 12.2 Å². The molecule has 25 heavy (non-hydrogen) atoms. The Morgan fingerprint density at radius 2 is 2.16 bits per heavy atom. The molecule has 0 bridgehead atoms. The summed E-state index contributed by atoms with van der Waals surface area (Å²) in [5, 5.41) is 6.86. The van der Waals surface area contributed by atoms with Gasteiger partial charge in [-0.2, -0.15) is 11.8 Å². The Labute approximate surface area is 157 Å². The van der Waals surface area contributed by atoms with Gasteiger partial charge < -0.3 is 19.8 Å². The number of carbonyl (C=O) groups excluding carboxylic acids is 1. The molecule has 1 aromatic carbocycles. The molecule has 2 rings (SSSR count). The molecule has 0 aliphatic carbocycles. The number of thiocarbonyl (C=S) groups is 1. The number of carbonyl (C=O) groups is 1. The second-order valence-electron chi connectivity index (χ2n) is 5.34. The van der Waals surface area contributed by atoms with Crippen LogP contribution in [0, 0.1) is 6.92 Å². The van der Waals surface area contributed by atoms with Gasteiger partial charge in [-0.3, -0.25) is 0 Å². The lowest BCUT2D eigenvalue weighted by molar-refractivity contribution is 0.0600. The molecule has 0 atom stereocenters. The van der Waals surface area contributed by atoms with Gasteiger partial charge in [-0.25, -0.2) is 4.79 Å². The standard InChI is InChI=1S/C18H22N2O3S2/c1-13-15(17(21)22-2)7-3-8-16(13)20-18(24)19-9-5-11-25-12-14-6-4-10-23-14/h3-4,6-8,10H,5,9,11-12H2,1-2H3,(H2,19,20,24). The molecule has 0 unspecified atom stereocenters. The van der Waals surface area contributed by atoms with E-state index in [0.29, 0.717) is 10.7 Å². The zero-order valence-corrected chi connectivity index (χ0v) is 16.0. The van der Waals surface area contributed by atoms with Crippen LogP contribution in [0.1, 0.15) is 28.1 Å². The number of rotatable bonds is 8. The molecule has 0 spiro atoms. The second-order valence-corrected chi connectivity index (χ2v) is 6.85. The number of furan rings is 1. The fraction of sp³-hybridized carbons (Fsp3) is 0.333. The second kappa shape index (κ2) is 10.1. The molecule has 1 aromatic heterocycles. The number of methoxy groups -OCH3 is 1. The third-order valence-corrected chi connectivity index (χ3v) is 4.88. The average Bonchev–Trinajstić information content (AvgIpc) is 3.12.